The van der Waals surface area contributed by atoms with E-state index in [0.717, 1.165) is 0 Å². The number of nitrogens with zero attached hydrogens (tertiary/aromatic N) is 2. The van der Waals surface area contributed by atoms with E-state index in [9.17, 15) is 126 Å². The number of hydrogen-bond acceptors (Lipinski definition) is 10. The van der Waals surface area contributed by atoms with Gasteiger partial charge in [-0.05, 0) is 35.2 Å². The normalized spacial score (nSPS) is 14.4. The summed E-state index contributed by atoms with van der Waals surface area (Å²) in [7, 11) is 4.79. The summed E-state index contributed by atoms with van der Waals surface area (Å²) in [6.45, 7) is -2.41. The third-order valence-corrected chi connectivity index (χ3v) is 5.79. The molecule has 0 spiro atoms. The van der Waals surface area contributed by atoms with Crippen LogP contribution in [0.5, 0.6) is 0 Å². The van der Waals surface area contributed by atoms with Crippen LogP contribution in [0, 0.1) is 0 Å². The van der Waals surface area contributed by atoms with Gasteiger partial charge in [0, 0.05) is 40.6 Å². The molecule has 2 N–H and O–H groups in total. The molecule has 0 aliphatic carbocycles. The molecule has 0 rings (SSSR count). The van der Waals surface area contributed by atoms with Crippen molar-refractivity contribution in [3.8, 4) is 0 Å². The molecule has 0 aliphatic heterocycles. The molecule has 40 heteroatoms. The number of aliphatic imine (C=N–C) groups is 2. The SMILES string of the molecule is COCCN=C(/C=C(\[O-])C(F)(F)F)C(F)(F)F.COCCN=C(/C=C(\[O-])C(F)(F)F)C(F)(F)F.COCC[NH+]=C(/C=C(\[O-])C(F)(F)F)C(F)(F)F.COCC[NH+]=C(/C=C(\[O-])C(F)(F)F)C(F)(F)F.[Na+].[Na+].[Na+].[Na+]. The van der Waals surface area contributed by atoms with Crippen molar-refractivity contribution in [1.29, 1.82) is 0 Å². The Kier molecular flexibility index (Phi) is 49.0. The summed E-state index contributed by atoms with van der Waals surface area (Å²) >= 11 is 0. The third kappa shape index (κ3) is 46.3. The van der Waals surface area contributed by atoms with E-state index in [1.807, 2.05) is 0 Å². The molecule has 0 heterocycles. The number of allylic oxidation sites excluding steroid dienone is 8. The zero-order chi connectivity index (χ0) is 54.8. The number of methoxy groups -OCH3 is 4. The number of nitrogens with one attached hydrogen (secondary N) is 2. The molecule has 0 saturated heterocycles. The van der Waals surface area contributed by atoms with Crippen molar-refractivity contribution in [3.63, 3.8) is 0 Å². The van der Waals surface area contributed by atoms with Crippen molar-refractivity contribution < 1.29 is 273 Å². The van der Waals surface area contributed by atoms with Gasteiger partial charge in [0.2, 0.25) is 0 Å². The standard InChI is InChI=1S/4C8H9F6NO2.4Na/c4*1-17-3-2-15-5(7(9,10)11)4-6(16)8(12,13)14;;;;/h4*4,16H,2-3H2,1H3;;;;/q;;;;4*+1/p-2/b4*6-4-,15-5?;;;;. The fourth-order valence-electron chi connectivity index (χ4n) is 2.83. The van der Waals surface area contributed by atoms with Gasteiger partial charge in [0.15, 0.2) is 13.1 Å². The molecule has 400 valence electrons. The average molecular weight is 1150 g/mol. The van der Waals surface area contributed by atoms with Gasteiger partial charge in [0.25, 0.3) is 11.4 Å². The van der Waals surface area contributed by atoms with E-state index >= 15 is 0 Å². The van der Waals surface area contributed by atoms with E-state index in [4.69, 9.17) is 0 Å². The van der Waals surface area contributed by atoms with E-state index < -0.39 is 133 Å². The molecule has 0 atom stereocenters. The molecule has 0 bridgehead atoms. The van der Waals surface area contributed by atoms with Crippen molar-refractivity contribution in [2.45, 2.75) is 49.4 Å². The Hall–Kier alpha value is -1.00. The molecule has 0 aliphatic rings. The van der Waals surface area contributed by atoms with E-state index in [1.165, 1.54) is 28.4 Å². The van der Waals surface area contributed by atoms with Crippen LogP contribution in [0.4, 0.5) is 105 Å². The summed E-state index contributed by atoms with van der Waals surface area (Å²) in [5, 5.41) is 41.5. The largest absolute Gasteiger partial charge is 1.00 e. The van der Waals surface area contributed by atoms with Crippen molar-refractivity contribution in [2.24, 2.45) is 9.98 Å². The first-order valence-electron chi connectivity index (χ1n) is 16.7. The zero-order valence-corrected chi connectivity index (χ0v) is 46.2. The summed E-state index contributed by atoms with van der Waals surface area (Å²) in [5.74, 6) is -10.4. The van der Waals surface area contributed by atoms with Crippen LogP contribution >= 0.6 is 0 Å². The van der Waals surface area contributed by atoms with Gasteiger partial charge in [-0.25, -0.2) is 9.98 Å². The fraction of sp³-hybridized carbons (Fsp3) is 0.625. The van der Waals surface area contributed by atoms with Gasteiger partial charge in [0.05, 0.1) is 26.3 Å². The van der Waals surface area contributed by atoms with Crippen molar-refractivity contribution in [1.82, 2.24) is 0 Å². The molecule has 0 fully saturated rings. The molecule has 12 nitrogen and oxygen atoms in total. The predicted octanol–water partition coefficient (Wildman–Crippen LogP) is -10.1. The van der Waals surface area contributed by atoms with Crippen LogP contribution in [0.1, 0.15) is 0 Å². The van der Waals surface area contributed by atoms with Gasteiger partial charge >= 0.3 is 168 Å². The monoisotopic (exact) mass is 1150 g/mol. The predicted molar refractivity (Wildman–Crippen MR) is 175 cm³/mol. The Bertz CT molecular complexity index is 1490. The van der Waals surface area contributed by atoms with Crippen LogP contribution in [-0.4, -0.2) is 153 Å². The van der Waals surface area contributed by atoms with Gasteiger partial charge in [-0.1, -0.05) is 0 Å². The summed E-state index contributed by atoms with van der Waals surface area (Å²) < 4.78 is 305. The van der Waals surface area contributed by atoms with E-state index in [2.05, 4.69) is 28.9 Å². The first-order chi connectivity index (χ1) is 30.3. The number of ether oxygens (including phenoxy) is 4. The van der Waals surface area contributed by atoms with Gasteiger partial charge in [0.1, 0.15) is 24.6 Å². The maximum absolute atomic E-state index is 12.2. The second-order valence-electron chi connectivity index (χ2n) is 11.2. The number of alkyl halides is 24. The smallest absolute Gasteiger partial charge is 0.869 e. The average Bonchev–Trinajstić information content (AvgIpc) is 3.14. The summed E-state index contributed by atoms with van der Waals surface area (Å²) in [4.78, 5) is 8.96. The summed E-state index contributed by atoms with van der Waals surface area (Å²) in [6.07, 6.45) is -43.9. The van der Waals surface area contributed by atoms with Crippen molar-refractivity contribution >= 4 is 22.8 Å². The molecule has 72 heavy (non-hydrogen) atoms. The minimum absolute atomic E-state index is 0. The van der Waals surface area contributed by atoms with E-state index in [1.54, 1.807) is 9.98 Å². The maximum atomic E-state index is 12.2. The summed E-state index contributed by atoms with van der Waals surface area (Å²) in [6, 6.07) is 0. The van der Waals surface area contributed by atoms with Crippen LogP contribution in [-0.2, 0) is 18.9 Å². The number of halogens is 24. The van der Waals surface area contributed by atoms with Gasteiger partial charge < -0.3 is 39.4 Å². The third-order valence-electron chi connectivity index (χ3n) is 5.79. The Labute approximate surface area is 479 Å². The minimum Gasteiger partial charge on any atom is -0.869 e. The number of hydrogen-bond donors (Lipinski definition) is 2. The second-order valence-corrected chi connectivity index (χ2v) is 11.2. The van der Waals surface area contributed by atoms with E-state index in [0.29, 0.717) is 0 Å². The molecule has 0 aromatic heterocycles. The van der Waals surface area contributed by atoms with Crippen molar-refractivity contribution in [2.75, 3.05) is 81.0 Å². The van der Waals surface area contributed by atoms with Crippen molar-refractivity contribution in [3.05, 3.63) is 47.3 Å². The molecule has 0 unspecified atom stereocenters. The molecular formula is C32H34F24N4Na4O8+2. The number of rotatable bonds is 16. The molecule has 0 aromatic carbocycles. The Morgan fingerprint density at radius 1 is 0.347 bits per heavy atom. The van der Waals surface area contributed by atoms with E-state index in [-0.39, 0.29) is 158 Å². The van der Waals surface area contributed by atoms with Crippen LogP contribution in [0.15, 0.2) is 57.3 Å². The van der Waals surface area contributed by atoms with Crippen LogP contribution in [0.2, 0.25) is 0 Å². The second kappa shape index (κ2) is 40.2. The Morgan fingerprint density at radius 2 is 0.556 bits per heavy atom. The molecule has 0 amide bonds. The first kappa shape index (κ1) is 87.7. The Balaban J connectivity index is -0.000000124. The molecule has 0 aromatic rings. The molecule has 0 saturated carbocycles. The van der Waals surface area contributed by atoms with Gasteiger partial charge in [-0.2, -0.15) is 105 Å². The quantitative estimate of drug-likeness (QED) is 0.0503. The molecular weight excluding hydrogens is 1120 g/mol. The maximum Gasteiger partial charge on any atom is 1.00 e. The van der Waals surface area contributed by atoms with Crippen LogP contribution in [0.3, 0.4) is 0 Å². The topological polar surface area (TPSA) is 182 Å². The van der Waals surface area contributed by atoms with Crippen LogP contribution < -0.4 is 149 Å². The fourth-order valence-corrected chi connectivity index (χ4v) is 2.83. The molecule has 0 radical (unpaired) electrons. The minimum atomic E-state index is -5.35. The summed E-state index contributed by atoms with van der Waals surface area (Å²) in [5.41, 5.74) is -7.26. The first-order valence-corrected chi connectivity index (χ1v) is 16.7. The zero-order valence-electron chi connectivity index (χ0n) is 38.2. The van der Waals surface area contributed by atoms with Crippen LogP contribution in [0.25, 0.3) is 0 Å². The Morgan fingerprint density at radius 3 is 0.722 bits per heavy atom. The van der Waals surface area contributed by atoms with Gasteiger partial charge in [-0.3, -0.25) is 9.98 Å². The van der Waals surface area contributed by atoms with Gasteiger partial charge in [-0.15, -0.1) is 0 Å².